The van der Waals surface area contributed by atoms with E-state index in [1.165, 1.54) is 0 Å². The Morgan fingerprint density at radius 3 is 2.69 bits per heavy atom. The van der Waals surface area contributed by atoms with Crippen LogP contribution in [0.5, 0.6) is 0 Å². The molecule has 1 aromatic rings. The van der Waals surface area contributed by atoms with Gasteiger partial charge in [0.1, 0.15) is 0 Å². The van der Waals surface area contributed by atoms with E-state index in [2.05, 4.69) is 26.2 Å². The topological polar surface area (TPSA) is 68.0 Å². The molecule has 1 atom stereocenters. The highest BCUT2D eigenvalue weighted by Gasteiger charge is 2.27. The SMILES string of the molecule is CC(C)(C)[C@H](N)C(=O)Nc1ccncc1Br. The molecule has 0 bridgehead atoms. The molecule has 1 amide bonds. The first kappa shape index (κ1) is 13.1. The Morgan fingerprint density at radius 1 is 1.56 bits per heavy atom. The molecule has 0 spiro atoms. The van der Waals surface area contributed by atoms with Crippen molar-refractivity contribution in [3.63, 3.8) is 0 Å². The largest absolute Gasteiger partial charge is 0.324 e. The van der Waals surface area contributed by atoms with E-state index < -0.39 is 6.04 Å². The van der Waals surface area contributed by atoms with Gasteiger partial charge in [0.25, 0.3) is 0 Å². The minimum atomic E-state index is -0.549. The number of halogens is 1. The van der Waals surface area contributed by atoms with E-state index in [9.17, 15) is 4.79 Å². The van der Waals surface area contributed by atoms with Crippen LogP contribution in [0.2, 0.25) is 0 Å². The van der Waals surface area contributed by atoms with Gasteiger partial charge < -0.3 is 11.1 Å². The number of nitrogens with one attached hydrogen (secondary N) is 1. The number of aromatic nitrogens is 1. The van der Waals surface area contributed by atoms with Crippen LogP contribution in [0.15, 0.2) is 22.9 Å². The number of nitrogens with two attached hydrogens (primary N) is 1. The van der Waals surface area contributed by atoms with E-state index in [0.29, 0.717) is 5.69 Å². The number of amides is 1. The summed E-state index contributed by atoms with van der Waals surface area (Å²) < 4.78 is 0.740. The van der Waals surface area contributed by atoms with Gasteiger partial charge in [-0.3, -0.25) is 9.78 Å². The summed E-state index contributed by atoms with van der Waals surface area (Å²) in [6.07, 6.45) is 3.24. The van der Waals surface area contributed by atoms with Crippen molar-refractivity contribution in [2.45, 2.75) is 26.8 Å². The summed E-state index contributed by atoms with van der Waals surface area (Å²) in [6, 6.07) is 1.17. The van der Waals surface area contributed by atoms with Gasteiger partial charge in [0.15, 0.2) is 0 Å². The number of carbonyl (C=O) groups is 1. The number of rotatable bonds is 2. The number of anilines is 1. The predicted octanol–water partition coefficient (Wildman–Crippen LogP) is 2.16. The maximum Gasteiger partial charge on any atom is 0.241 e. The summed E-state index contributed by atoms with van der Waals surface area (Å²) in [4.78, 5) is 15.8. The number of pyridine rings is 1. The van der Waals surface area contributed by atoms with E-state index >= 15 is 0 Å². The summed E-state index contributed by atoms with van der Waals surface area (Å²) in [7, 11) is 0. The van der Waals surface area contributed by atoms with Gasteiger partial charge in [0, 0.05) is 12.4 Å². The zero-order chi connectivity index (χ0) is 12.3. The summed E-state index contributed by atoms with van der Waals surface area (Å²) in [6.45, 7) is 5.79. The third-order valence-electron chi connectivity index (χ3n) is 2.25. The highest BCUT2D eigenvalue weighted by Crippen LogP contribution is 2.22. The Bertz CT molecular complexity index is 387. The van der Waals surface area contributed by atoms with E-state index in [1.807, 2.05) is 20.8 Å². The summed E-state index contributed by atoms with van der Waals surface area (Å²) >= 11 is 3.31. The molecule has 0 aliphatic carbocycles. The van der Waals surface area contributed by atoms with Crippen molar-refractivity contribution in [1.29, 1.82) is 0 Å². The second kappa shape index (κ2) is 4.93. The zero-order valence-corrected chi connectivity index (χ0v) is 11.2. The van der Waals surface area contributed by atoms with Gasteiger partial charge in [-0.1, -0.05) is 20.8 Å². The first-order chi connectivity index (χ1) is 7.32. The second-order valence-corrected chi connectivity index (χ2v) is 5.54. The molecule has 1 aromatic heterocycles. The molecular weight excluding hydrogens is 270 g/mol. The van der Waals surface area contributed by atoms with Crippen LogP contribution in [0.4, 0.5) is 5.69 Å². The molecule has 88 valence electrons. The Morgan fingerprint density at radius 2 is 2.19 bits per heavy atom. The molecule has 0 unspecified atom stereocenters. The Balaban J connectivity index is 2.76. The van der Waals surface area contributed by atoms with Gasteiger partial charge >= 0.3 is 0 Å². The molecule has 0 aliphatic heterocycles. The molecule has 4 nitrogen and oxygen atoms in total. The molecule has 0 saturated heterocycles. The van der Waals surface area contributed by atoms with Gasteiger partial charge in [-0.2, -0.15) is 0 Å². The molecule has 3 N–H and O–H groups in total. The normalized spacial score (nSPS) is 13.3. The number of carbonyl (C=O) groups excluding carboxylic acids is 1. The van der Waals surface area contributed by atoms with Gasteiger partial charge in [0.05, 0.1) is 16.2 Å². The lowest BCUT2D eigenvalue weighted by Crippen LogP contribution is -2.45. The third-order valence-corrected chi connectivity index (χ3v) is 2.88. The van der Waals surface area contributed by atoms with Crippen molar-refractivity contribution in [3.8, 4) is 0 Å². The van der Waals surface area contributed by atoms with Crippen LogP contribution in [0.1, 0.15) is 20.8 Å². The third kappa shape index (κ3) is 3.28. The predicted molar refractivity (Wildman–Crippen MR) is 68.0 cm³/mol. The van der Waals surface area contributed by atoms with Gasteiger partial charge in [-0.25, -0.2) is 0 Å². The molecule has 16 heavy (non-hydrogen) atoms. The minimum Gasteiger partial charge on any atom is -0.324 e. The fourth-order valence-electron chi connectivity index (χ4n) is 1.08. The zero-order valence-electron chi connectivity index (χ0n) is 9.62. The molecule has 0 saturated carbocycles. The monoisotopic (exact) mass is 285 g/mol. The molecule has 0 aliphatic rings. The summed E-state index contributed by atoms with van der Waals surface area (Å²) in [5.41, 5.74) is 6.27. The molecule has 0 aromatic carbocycles. The molecule has 5 heteroatoms. The highest BCUT2D eigenvalue weighted by atomic mass is 79.9. The molecule has 0 radical (unpaired) electrons. The van der Waals surface area contributed by atoms with Gasteiger partial charge in [-0.15, -0.1) is 0 Å². The standard InChI is InChI=1S/C11H16BrN3O/c1-11(2,3)9(13)10(16)15-8-4-5-14-6-7(8)12/h4-6,9H,13H2,1-3H3,(H,14,15,16)/t9-/m1/s1. The van der Waals surface area contributed by atoms with Crippen molar-refractivity contribution in [3.05, 3.63) is 22.9 Å². The summed E-state index contributed by atoms with van der Waals surface area (Å²) in [5.74, 6) is -0.195. The smallest absolute Gasteiger partial charge is 0.241 e. The first-order valence-corrected chi connectivity index (χ1v) is 5.77. The number of hydrogen-bond acceptors (Lipinski definition) is 3. The highest BCUT2D eigenvalue weighted by molar-refractivity contribution is 9.10. The number of nitrogens with zero attached hydrogens (tertiary/aromatic N) is 1. The van der Waals surface area contributed by atoms with E-state index in [0.717, 1.165) is 4.47 Å². The summed E-state index contributed by atoms with van der Waals surface area (Å²) in [5, 5.41) is 2.77. The molecule has 1 rings (SSSR count). The lowest BCUT2D eigenvalue weighted by Gasteiger charge is -2.25. The fraction of sp³-hybridized carbons (Fsp3) is 0.455. The fourth-order valence-corrected chi connectivity index (χ4v) is 1.43. The van der Waals surface area contributed by atoms with E-state index in [4.69, 9.17) is 5.73 Å². The van der Waals surface area contributed by atoms with Crippen molar-refractivity contribution >= 4 is 27.5 Å². The van der Waals surface area contributed by atoms with Gasteiger partial charge in [-0.05, 0) is 27.4 Å². The van der Waals surface area contributed by atoms with Crippen LogP contribution in [0, 0.1) is 5.41 Å². The van der Waals surface area contributed by atoms with Crippen molar-refractivity contribution in [2.24, 2.45) is 11.1 Å². The van der Waals surface area contributed by atoms with Crippen molar-refractivity contribution in [2.75, 3.05) is 5.32 Å². The van der Waals surface area contributed by atoms with Crippen molar-refractivity contribution in [1.82, 2.24) is 4.98 Å². The van der Waals surface area contributed by atoms with Crippen LogP contribution in [-0.4, -0.2) is 16.9 Å². The maximum atomic E-state index is 11.8. The molecular formula is C11H16BrN3O. The number of hydrogen-bond donors (Lipinski definition) is 2. The second-order valence-electron chi connectivity index (χ2n) is 4.69. The average molecular weight is 286 g/mol. The first-order valence-electron chi connectivity index (χ1n) is 4.98. The molecule has 0 fully saturated rings. The lowest BCUT2D eigenvalue weighted by molar-refractivity contribution is -0.119. The van der Waals surface area contributed by atoms with Crippen LogP contribution in [0.3, 0.4) is 0 Å². The average Bonchev–Trinajstić information content (AvgIpc) is 2.19. The van der Waals surface area contributed by atoms with Crippen LogP contribution in [0.25, 0.3) is 0 Å². The Kier molecular flexibility index (Phi) is 4.04. The maximum absolute atomic E-state index is 11.8. The van der Waals surface area contributed by atoms with Crippen molar-refractivity contribution < 1.29 is 4.79 Å². The van der Waals surface area contributed by atoms with Crippen LogP contribution >= 0.6 is 15.9 Å². The Hall–Kier alpha value is -0.940. The quantitative estimate of drug-likeness (QED) is 0.875. The molecule has 1 heterocycles. The van der Waals surface area contributed by atoms with Crippen LogP contribution in [-0.2, 0) is 4.79 Å². The minimum absolute atomic E-state index is 0.195. The lowest BCUT2D eigenvalue weighted by atomic mass is 9.87. The van der Waals surface area contributed by atoms with Crippen LogP contribution < -0.4 is 11.1 Å². The Labute approximate surface area is 104 Å². The van der Waals surface area contributed by atoms with Gasteiger partial charge in [0.2, 0.25) is 5.91 Å². The van der Waals surface area contributed by atoms with E-state index in [-0.39, 0.29) is 11.3 Å². The van der Waals surface area contributed by atoms with E-state index in [1.54, 1.807) is 18.5 Å².